The van der Waals surface area contributed by atoms with E-state index in [1.54, 1.807) is 6.20 Å². The van der Waals surface area contributed by atoms with E-state index < -0.39 is 24.4 Å². The first-order valence-electron chi connectivity index (χ1n) is 15.7. The second-order valence-corrected chi connectivity index (χ2v) is 11.2. The van der Waals surface area contributed by atoms with Crippen LogP contribution < -0.4 is 0 Å². The molecule has 6 heteroatoms. The Morgan fingerprint density at radius 3 is 1.57 bits per heavy atom. The van der Waals surface area contributed by atoms with Crippen LogP contribution in [0.1, 0.15) is 27.8 Å². The molecule has 4 aromatic carbocycles. The third-order valence-corrected chi connectivity index (χ3v) is 7.79. The van der Waals surface area contributed by atoms with Gasteiger partial charge < -0.3 is 23.7 Å². The topological polar surface area (TPSA) is 59.0 Å². The number of ether oxygens (including phenoxy) is 5. The molecule has 1 aliphatic heterocycles. The molecule has 0 amide bonds. The average molecular weight is 614 g/mol. The highest BCUT2D eigenvalue weighted by Gasteiger charge is 2.46. The number of hydrogen-bond acceptors (Lipinski definition) is 6. The van der Waals surface area contributed by atoms with Crippen molar-refractivity contribution < 1.29 is 23.7 Å². The summed E-state index contributed by atoms with van der Waals surface area (Å²) < 4.78 is 33.3. The summed E-state index contributed by atoms with van der Waals surface area (Å²) in [5.74, 6) is 0.648. The summed E-state index contributed by atoms with van der Waals surface area (Å²) in [5, 5.41) is 0. The molecule has 0 unspecified atom stereocenters. The minimum Gasteiger partial charge on any atom is -0.487 e. The normalized spacial score (nSPS) is 20.3. The van der Waals surface area contributed by atoms with E-state index in [1.807, 2.05) is 97.2 Å². The molecule has 0 aliphatic carbocycles. The Morgan fingerprint density at radius 2 is 1.04 bits per heavy atom. The highest BCUT2D eigenvalue weighted by atomic mass is 16.6. The van der Waals surface area contributed by atoms with Gasteiger partial charge in [0.15, 0.2) is 6.10 Å². The molecule has 0 spiro atoms. The zero-order valence-electron chi connectivity index (χ0n) is 25.8. The van der Waals surface area contributed by atoms with E-state index in [9.17, 15) is 0 Å². The van der Waals surface area contributed by atoms with Gasteiger partial charge in [0.1, 0.15) is 24.1 Å². The summed E-state index contributed by atoms with van der Waals surface area (Å²) in [6.07, 6.45) is 3.53. The number of pyridine rings is 1. The lowest BCUT2D eigenvalue weighted by Gasteiger charge is -2.43. The Bertz CT molecular complexity index is 1600. The molecule has 5 aromatic rings. The molecule has 0 radical (unpaired) electrons. The van der Waals surface area contributed by atoms with E-state index in [1.165, 1.54) is 0 Å². The predicted molar refractivity (Wildman–Crippen MR) is 178 cm³/mol. The van der Waals surface area contributed by atoms with Gasteiger partial charge in [0, 0.05) is 12.4 Å². The predicted octanol–water partition coefficient (Wildman–Crippen LogP) is 7.79. The van der Waals surface area contributed by atoms with Crippen molar-refractivity contribution in [2.75, 3.05) is 6.61 Å². The molecule has 0 saturated carbocycles. The van der Waals surface area contributed by atoms with E-state index in [4.69, 9.17) is 23.7 Å². The van der Waals surface area contributed by atoms with Gasteiger partial charge in [-0.1, -0.05) is 127 Å². The van der Waals surface area contributed by atoms with Crippen LogP contribution in [0.5, 0.6) is 0 Å². The number of aromatic nitrogens is 1. The van der Waals surface area contributed by atoms with Crippen molar-refractivity contribution in [2.24, 2.45) is 0 Å². The Hall–Kier alpha value is -4.59. The Morgan fingerprint density at radius 1 is 0.543 bits per heavy atom. The molecule has 6 nitrogen and oxygen atoms in total. The third-order valence-electron chi connectivity index (χ3n) is 7.79. The van der Waals surface area contributed by atoms with Gasteiger partial charge in [0.2, 0.25) is 0 Å². The molecule has 0 N–H and O–H groups in total. The molecule has 1 aromatic heterocycles. The maximum absolute atomic E-state index is 6.79. The summed E-state index contributed by atoms with van der Waals surface area (Å²) >= 11 is 0. The van der Waals surface area contributed by atoms with Crippen molar-refractivity contribution in [2.45, 2.75) is 50.8 Å². The number of nitrogens with zero attached hydrogens (tertiary/aromatic N) is 1. The molecule has 0 bridgehead atoms. The quantitative estimate of drug-likeness (QED) is 0.127. The van der Waals surface area contributed by atoms with Crippen LogP contribution in [-0.4, -0.2) is 36.0 Å². The standard InChI is InChI=1S/C40H39NO5/c1-5-14-31(15-6-1)26-42-30-37-39(44-28-33-18-9-3-10-19-33)40(45-29-34-20-11-4-12-21-34)38(43-27-32-16-7-2-8-17-32)36(46-37)24-35-22-13-23-41-25-35/h1-25,37-40H,26-30H2/b36-24-/t37-,38+,39+,40-/m1/s1. The minimum absolute atomic E-state index is 0.301. The van der Waals surface area contributed by atoms with Gasteiger partial charge in [-0.15, -0.1) is 0 Å². The van der Waals surface area contributed by atoms with Crippen molar-refractivity contribution in [1.29, 1.82) is 0 Å². The number of rotatable bonds is 14. The van der Waals surface area contributed by atoms with Gasteiger partial charge in [-0.05, 0) is 40.0 Å². The highest BCUT2D eigenvalue weighted by molar-refractivity contribution is 5.51. The fourth-order valence-electron chi connectivity index (χ4n) is 5.45. The highest BCUT2D eigenvalue weighted by Crippen LogP contribution is 2.34. The maximum Gasteiger partial charge on any atom is 0.150 e. The van der Waals surface area contributed by atoms with E-state index >= 15 is 0 Å². The molecule has 1 aliphatic rings. The fraction of sp³-hybridized carbons (Fsp3) is 0.225. The molecule has 1 fully saturated rings. The van der Waals surface area contributed by atoms with Crippen LogP contribution in [0.2, 0.25) is 0 Å². The molecule has 234 valence electrons. The zero-order valence-corrected chi connectivity index (χ0v) is 25.8. The van der Waals surface area contributed by atoms with E-state index in [0.717, 1.165) is 27.8 Å². The Labute approximate surface area is 271 Å². The van der Waals surface area contributed by atoms with E-state index in [-0.39, 0.29) is 0 Å². The lowest BCUT2D eigenvalue weighted by Crippen LogP contribution is -2.56. The van der Waals surface area contributed by atoms with E-state index in [0.29, 0.717) is 38.8 Å². The van der Waals surface area contributed by atoms with Gasteiger partial charge in [-0.25, -0.2) is 0 Å². The van der Waals surface area contributed by atoms with Crippen molar-refractivity contribution in [3.63, 3.8) is 0 Å². The SMILES string of the molecule is C(=C1/O[C@H](COCc2ccccc2)[C@H](OCc2ccccc2)[C@H](OCc2ccccc2)[C@H]1OCc1ccccc1)/c1cccnc1. The van der Waals surface area contributed by atoms with Gasteiger partial charge in [-0.3, -0.25) is 4.98 Å². The van der Waals surface area contributed by atoms with Crippen LogP contribution in [0.4, 0.5) is 0 Å². The molecule has 6 rings (SSSR count). The van der Waals surface area contributed by atoms with Crippen LogP contribution in [0.3, 0.4) is 0 Å². The van der Waals surface area contributed by atoms with Crippen molar-refractivity contribution >= 4 is 6.08 Å². The average Bonchev–Trinajstić information content (AvgIpc) is 3.12. The monoisotopic (exact) mass is 613 g/mol. The first kappa shape index (κ1) is 31.4. The lowest BCUT2D eigenvalue weighted by molar-refractivity contribution is -0.222. The van der Waals surface area contributed by atoms with Crippen LogP contribution in [0.15, 0.2) is 152 Å². The largest absolute Gasteiger partial charge is 0.487 e. The molecule has 46 heavy (non-hydrogen) atoms. The second-order valence-electron chi connectivity index (χ2n) is 11.2. The zero-order chi connectivity index (χ0) is 31.2. The molecular weight excluding hydrogens is 574 g/mol. The first-order chi connectivity index (χ1) is 22.8. The molecule has 1 saturated heterocycles. The summed E-state index contributed by atoms with van der Waals surface area (Å²) in [6, 6.07) is 44.5. The maximum atomic E-state index is 6.79. The molecule has 4 atom stereocenters. The van der Waals surface area contributed by atoms with Crippen LogP contribution >= 0.6 is 0 Å². The van der Waals surface area contributed by atoms with Crippen LogP contribution in [-0.2, 0) is 50.1 Å². The molecule has 2 heterocycles. The summed E-state index contributed by atoms with van der Waals surface area (Å²) in [7, 11) is 0. The van der Waals surface area contributed by atoms with Crippen molar-refractivity contribution in [3.8, 4) is 0 Å². The van der Waals surface area contributed by atoms with Crippen molar-refractivity contribution in [3.05, 3.63) is 179 Å². The summed E-state index contributed by atoms with van der Waals surface area (Å²) in [6.45, 7) is 1.92. The summed E-state index contributed by atoms with van der Waals surface area (Å²) in [4.78, 5) is 4.32. The first-order valence-corrected chi connectivity index (χ1v) is 15.7. The Kier molecular flexibility index (Phi) is 11.4. The van der Waals surface area contributed by atoms with Gasteiger partial charge in [0.25, 0.3) is 0 Å². The third kappa shape index (κ3) is 8.99. The van der Waals surface area contributed by atoms with Crippen LogP contribution in [0.25, 0.3) is 6.08 Å². The fourth-order valence-corrected chi connectivity index (χ4v) is 5.45. The minimum atomic E-state index is -0.560. The second kappa shape index (κ2) is 16.6. The number of hydrogen-bond donors (Lipinski definition) is 0. The van der Waals surface area contributed by atoms with Crippen LogP contribution in [0, 0.1) is 0 Å². The smallest absolute Gasteiger partial charge is 0.150 e. The lowest BCUT2D eigenvalue weighted by atomic mass is 9.95. The Balaban J connectivity index is 1.34. The van der Waals surface area contributed by atoms with Gasteiger partial charge >= 0.3 is 0 Å². The number of benzene rings is 4. The van der Waals surface area contributed by atoms with Gasteiger partial charge in [0.05, 0.1) is 33.0 Å². The van der Waals surface area contributed by atoms with Crippen molar-refractivity contribution in [1.82, 2.24) is 4.98 Å². The summed E-state index contributed by atoms with van der Waals surface area (Å²) in [5.41, 5.74) is 5.17. The van der Waals surface area contributed by atoms with Gasteiger partial charge in [-0.2, -0.15) is 0 Å². The van der Waals surface area contributed by atoms with E-state index in [2.05, 4.69) is 53.5 Å². The molecular formula is C40H39NO5.